The van der Waals surface area contributed by atoms with Crippen molar-refractivity contribution >= 4 is 11.6 Å². The number of carbonyl (C=O) groups is 1. The van der Waals surface area contributed by atoms with Crippen LogP contribution in [0.2, 0.25) is 0 Å². The smallest absolute Gasteiger partial charge is 0.241 e. The summed E-state index contributed by atoms with van der Waals surface area (Å²) in [5, 5.41) is 0. The van der Waals surface area contributed by atoms with Gasteiger partial charge in [-0.25, -0.2) is 0 Å². The first-order valence-electron chi connectivity index (χ1n) is 9.37. The lowest BCUT2D eigenvalue weighted by molar-refractivity contribution is -0.123. The number of hydrogen-bond acceptors (Lipinski definition) is 5. The molecule has 1 aromatic heterocycles. The van der Waals surface area contributed by atoms with E-state index in [-0.39, 0.29) is 11.4 Å². The predicted octanol–water partition coefficient (Wildman–Crippen LogP) is 2.01. The summed E-state index contributed by atoms with van der Waals surface area (Å²) in [5.41, 5.74) is 2.17. The van der Waals surface area contributed by atoms with Gasteiger partial charge in [-0.1, -0.05) is 12.1 Å². The Balaban J connectivity index is 1.48. The van der Waals surface area contributed by atoms with Crippen molar-refractivity contribution in [3.8, 4) is 5.75 Å². The highest BCUT2D eigenvalue weighted by Crippen LogP contribution is 2.33. The van der Waals surface area contributed by atoms with Crippen molar-refractivity contribution in [3.63, 3.8) is 0 Å². The Morgan fingerprint density at radius 2 is 2.00 bits per heavy atom. The number of hydrogen-bond donors (Lipinski definition) is 0. The van der Waals surface area contributed by atoms with Gasteiger partial charge in [0.15, 0.2) is 0 Å². The number of pyridine rings is 1. The number of likely N-dealkylation sites (N-methyl/N-ethyl adjacent to an activating group) is 1. The van der Waals surface area contributed by atoms with Crippen molar-refractivity contribution in [2.45, 2.75) is 18.5 Å². The molecule has 2 aliphatic heterocycles. The number of amides is 1. The normalized spacial score (nSPS) is 23.9. The molecule has 1 unspecified atom stereocenters. The van der Waals surface area contributed by atoms with E-state index in [0.717, 1.165) is 37.5 Å². The second-order valence-corrected chi connectivity index (χ2v) is 7.58. The monoisotopic (exact) mass is 366 g/mol. The fourth-order valence-corrected chi connectivity index (χ4v) is 4.21. The fraction of sp³-hybridized carbons (Fsp3) is 0.429. The molecule has 0 radical (unpaired) electrons. The van der Waals surface area contributed by atoms with E-state index in [4.69, 9.17) is 4.74 Å². The number of nitrogens with zero attached hydrogens (tertiary/aromatic N) is 4. The average molecular weight is 366 g/mol. The third-order valence-electron chi connectivity index (χ3n) is 5.87. The molecule has 1 aromatic carbocycles. The molecule has 2 fully saturated rings. The molecule has 0 bridgehead atoms. The van der Waals surface area contributed by atoms with E-state index < -0.39 is 0 Å². The number of piperazine rings is 1. The third-order valence-corrected chi connectivity index (χ3v) is 5.87. The van der Waals surface area contributed by atoms with Crippen molar-refractivity contribution in [2.24, 2.45) is 0 Å². The maximum absolute atomic E-state index is 12.6. The van der Waals surface area contributed by atoms with Gasteiger partial charge >= 0.3 is 0 Å². The number of ether oxygens (including phenoxy) is 1. The van der Waals surface area contributed by atoms with Crippen LogP contribution in [0.4, 0.5) is 5.69 Å². The summed E-state index contributed by atoms with van der Waals surface area (Å²) < 4.78 is 5.24. The molecule has 0 aliphatic carbocycles. The first-order chi connectivity index (χ1) is 13.1. The van der Waals surface area contributed by atoms with E-state index in [0.29, 0.717) is 13.1 Å². The summed E-state index contributed by atoms with van der Waals surface area (Å²) in [4.78, 5) is 23.4. The molecule has 4 rings (SSSR count). The largest absolute Gasteiger partial charge is 0.497 e. The molecule has 0 saturated carbocycles. The van der Waals surface area contributed by atoms with E-state index in [1.54, 1.807) is 19.5 Å². The molecular formula is C21H26N4O2. The Morgan fingerprint density at radius 3 is 2.70 bits per heavy atom. The molecule has 0 N–H and O–H groups in total. The predicted molar refractivity (Wildman–Crippen MR) is 105 cm³/mol. The summed E-state index contributed by atoms with van der Waals surface area (Å²) in [6.07, 6.45) is 4.58. The van der Waals surface area contributed by atoms with Crippen LogP contribution in [0.5, 0.6) is 5.75 Å². The van der Waals surface area contributed by atoms with Crippen LogP contribution >= 0.6 is 0 Å². The number of anilines is 1. The average Bonchev–Trinajstić information content (AvgIpc) is 3.10. The molecule has 6 heteroatoms. The zero-order valence-electron chi connectivity index (χ0n) is 16.0. The molecule has 27 heavy (non-hydrogen) atoms. The lowest BCUT2D eigenvalue weighted by atomic mass is 9.92. The minimum absolute atomic E-state index is 0.00375. The molecule has 1 amide bonds. The lowest BCUT2D eigenvalue weighted by Crippen LogP contribution is -2.64. The summed E-state index contributed by atoms with van der Waals surface area (Å²) in [6, 6.07) is 12.1. The van der Waals surface area contributed by atoms with Gasteiger partial charge in [-0.3, -0.25) is 19.6 Å². The van der Waals surface area contributed by atoms with E-state index in [9.17, 15) is 4.79 Å². The van der Waals surface area contributed by atoms with Gasteiger partial charge in [0.05, 0.1) is 31.1 Å². The first kappa shape index (κ1) is 17.9. The molecule has 1 spiro atoms. The second kappa shape index (κ2) is 7.29. The van der Waals surface area contributed by atoms with Crippen LogP contribution < -0.4 is 9.64 Å². The summed E-state index contributed by atoms with van der Waals surface area (Å²) in [6.45, 7) is 4.07. The number of aromatic nitrogens is 1. The van der Waals surface area contributed by atoms with Gasteiger partial charge in [0.1, 0.15) is 5.75 Å². The van der Waals surface area contributed by atoms with Crippen LogP contribution in [0.15, 0.2) is 48.8 Å². The van der Waals surface area contributed by atoms with Crippen LogP contribution in [0.25, 0.3) is 0 Å². The number of likely N-dealkylation sites (tertiary alicyclic amines) is 1. The van der Waals surface area contributed by atoms with Crippen LogP contribution in [-0.2, 0) is 11.3 Å². The zero-order valence-corrected chi connectivity index (χ0v) is 16.0. The van der Waals surface area contributed by atoms with Crippen LogP contribution in [0.1, 0.15) is 12.0 Å². The van der Waals surface area contributed by atoms with E-state index in [1.165, 1.54) is 5.56 Å². The molecule has 3 heterocycles. The summed E-state index contributed by atoms with van der Waals surface area (Å²) in [7, 11) is 3.77. The van der Waals surface area contributed by atoms with Gasteiger partial charge in [0, 0.05) is 32.4 Å². The SMILES string of the molecule is COc1ccc(CN2CCC3(C2)CN(c2cccnc2)C(=O)CN3C)cc1. The van der Waals surface area contributed by atoms with Crippen LogP contribution in [0, 0.1) is 0 Å². The Morgan fingerprint density at radius 1 is 1.19 bits per heavy atom. The number of methoxy groups -OCH3 is 1. The van der Waals surface area contributed by atoms with Crippen molar-refractivity contribution in [3.05, 3.63) is 54.4 Å². The molecule has 6 nitrogen and oxygen atoms in total. The number of benzene rings is 1. The fourth-order valence-electron chi connectivity index (χ4n) is 4.21. The highest BCUT2D eigenvalue weighted by molar-refractivity contribution is 5.95. The Kier molecular flexibility index (Phi) is 4.85. The van der Waals surface area contributed by atoms with Gasteiger partial charge in [-0.2, -0.15) is 0 Å². The minimum Gasteiger partial charge on any atom is -0.497 e. The maximum Gasteiger partial charge on any atom is 0.241 e. The number of rotatable bonds is 4. The zero-order chi connectivity index (χ0) is 18.9. The third kappa shape index (κ3) is 3.55. The molecule has 2 aromatic rings. The molecular weight excluding hydrogens is 340 g/mol. The van der Waals surface area contributed by atoms with Gasteiger partial charge in [0.25, 0.3) is 0 Å². The highest BCUT2D eigenvalue weighted by Gasteiger charge is 2.47. The first-order valence-corrected chi connectivity index (χ1v) is 9.37. The van der Waals surface area contributed by atoms with Crippen LogP contribution in [-0.4, -0.2) is 66.6 Å². The molecule has 142 valence electrons. The highest BCUT2D eigenvalue weighted by atomic mass is 16.5. The van der Waals surface area contributed by atoms with Crippen molar-refractivity contribution in [1.82, 2.24) is 14.8 Å². The minimum atomic E-state index is -0.00375. The van der Waals surface area contributed by atoms with E-state index >= 15 is 0 Å². The van der Waals surface area contributed by atoms with Crippen molar-refractivity contribution in [1.29, 1.82) is 0 Å². The topological polar surface area (TPSA) is 48.9 Å². The Hall–Kier alpha value is -2.44. The van der Waals surface area contributed by atoms with Crippen molar-refractivity contribution in [2.75, 3.05) is 45.2 Å². The number of carbonyl (C=O) groups excluding carboxylic acids is 1. The second-order valence-electron chi connectivity index (χ2n) is 7.58. The van der Waals surface area contributed by atoms with Gasteiger partial charge in [-0.05, 0) is 43.3 Å². The maximum atomic E-state index is 12.6. The van der Waals surface area contributed by atoms with E-state index in [2.05, 4.69) is 34.0 Å². The van der Waals surface area contributed by atoms with Crippen molar-refractivity contribution < 1.29 is 9.53 Å². The Bertz CT molecular complexity index is 796. The molecule has 1 atom stereocenters. The quantitative estimate of drug-likeness (QED) is 0.829. The van der Waals surface area contributed by atoms with Gasteiger partial charge in [0.2, 0.25) is 5.91 Å². The van der Waals surface area contributed by atoms with Crippen LogP contribution in [0.3, 0.4) is 0 Å². The lowest BCUT2D eigenvalue weighted by Gasteiger charge is -2.46. The van der Waals surface area contributed by atoms with Gasteiger partial charge < -0.3 is 9.64 Å². The summed E-state index contributed by atoms with van der Waals surface area (Å²) in [5.74, 6) is 1.03. The van der Waals surface area contributed by atoms with E-state index in [1.807, 2.05) is 29.2 Å². The van der Waals surface area contributed by atoms with Gasteiger partial charge in [-0.15, -0.1) is 0 Å². The molecule has 2 aliphatic rings. The molecule has 2 saturated heterocycles. The standard InChI is InChI=1S/C21H26N4O2/c1-23-14-20(26)25(18-4-3-10-22-12-18)16-21(23)9-11-24(15-21)13-17-5-7-19(27-2)8-6-17/h3-8,10,12H,9,11,13-16H2,1-2H3. The summed E-state index contributed by atoms with van der Waals surface area (Å²) >= 11 is 0. The Labute approximate surface area is 160 Å².